The van der Waals surface area contributed by atoms with Crippen LogP contribution in [-0.2, 0) is 14.6 Å². The first-order valence-electron chi connectivity index (χ1n) is 11.3. The Bertz CT molecular complexity index is 1110. The Kier molecular flexibility index (Phi) is 6.14. The molecule has 5 rings (SSSR count). The van der Waals surface area contributed by atoms with Gasteiger partial charge in [0.2, 0.25) is 0 Å². The van der Waals surface area contributed by atoms with E-state index in [1.54, 1.807) is 6.26 Å². The van der Waals surface area contributed by atoms with Crippen LogP contribution in [0.4, 0.5) is 0 Å². The van der Waals surface area contributed by atoms with Gasteiger partial charge in [-0.05, 0) is 23.5 Å². The summed E-state index contributed by atoms with van der Waals surface area (Å²) >= 11 is 0. The lowest BCUT2D eigenvalue weighted by Crippen LogP contribution is -2.68. The number of oxazole rings is 1. The number of rotatable bonds is 6. The van der Waals surface area contributed by atoms with E-state index in [0.717, 1.165) is 16.8 Å². The molecule has 0 bridgehead atoms. The lowest BCUT2D eigenvalue weighted by atomic mass is 9.70. The van der Waals surface area contributed by atoms with Gasteiger partial charge < -0.3 is 15.1 Å². The summed E-state index contributed by atoms with van der Waals surface area (Å²) in [6, 6.07) is 19.1. The number of aromatic nitrogens is 1. The molecule has 1 aromatic heterocycles. The van der Waals surface area contributed by atoms with Gasteiger partial charge in [-0.3, -0.25) is 9.59 Å². The maximum Gasteiger partial charge on any atom is 0.309 e. The zero-order chi connectivity index (χ0) is 23.7. The van der Waals surface area contributed by atoms with Gasteiger partial charge in [-0.15, -0.1) is 4.99 Å². The van der Waals surface area contributed by atoms with Crippen LogP contribution in [-0.4, -0.2) is 40.2 Å². The lowest BCUT2D eigenvalue weighted by Gasteiger charge is -2.46. The lowest BCUT2D eigenvalue weighted by molar-refractivity contribution is -0.304. The molecule has 5 unspecified atom stereocenters. The highest BCUT2D eigenvalue weighted by Gasteiger charge is 2.50. The summed E-state index contributed by atoms with van der Waals surface area (Å²) in [4.78, 5) is 33.3. The molecule has 0 radical (unpaired) electrons. The smallest absolute Gasteiger partial charge is 0.309 e. The van der Waals surface area contributed by atoms with Crippen molar-refractivity contribution in [1.29, 1.82) is 0 Å². The number of carbonyl (C=O) groups is 2. The van der Waals surface area contributed by atoms with E-state index in [4.69, 9.17) is 14.7 Å². The molecule has 4 N–H and O–H groups in total. The Balaban J connectivity index is 1.53. The standard InChI is InChI=1S/C25H26N4O5/c1-14-17(29-34-32)12-18-22(28-24(31)23(30)26-18)20(14)25-27-19(13-33-25)21(15-8-4-2-5-9-15)16-10-6-3-7-11-16/h2-11,13-14,17-18,20-22,29,32H,12H2,1H3,(H,26,30)(H,28,31). The number of nitrogens with zero attached hydrogens (tertiary/aromatic N) is 1. The third-order valence-electron chi connectivity index (χ3n) is 6.94. The summed E-state index contributed by atoms with van der Waals surface area (Å²) in [5.74, 6) is -1.54. The van der Waals surface area contributed by atoms with E-state index in [2.05, 4.69) is 45.4 Å². The normalized spacial score (nSPS) is 26.6. The van der Waals surface area contributed by atoms with Gasteiger partial charge in [0.05, 0.1) is 29.6 Å². The number of piperazine rings is 1. The average Bonchev–Trinajstić information content (AvgIpc) is 3.32. The van der Waals surface area contributed by atoms with Crippen LogP contribution in [0.5, 0.6) is 0 Å². The van der Waals surface area contributed by atoms with E-state index in [-0.39, 0.29) is 29.8 Å². The molecule has 1 aliphatic carbocycles. The fourth-order valence-electron chi connectivity index (χ4n) is 5.27. The molecular formula is C25H26N4O5. The predicted molar refractivity (Wildman–Crippen MR) is 121 cm³/mol. The predicted octanol–water partition coefficient (Wildman–Crippen LogP) is 2.32. The van der Waals surface area contributed by atoms with E-state index >= 15 is 0 Å². The summed E-state index contributed by atoms with van der Waals surface area (Å²) in [5.41, 5.74) is 5.50. The van der Waals surface area contributed by atoms with Crippen LogP contribution in [0.3, 0.4) is 0 Å². The van der Waals surface area contributed by atoms with Crippen molar-refractivity contribution in [3.63, 3.8) is 0 Å². The number of benzene rings is 2. The zero-order valence-electron chi connectivity index (χ0n) is 18.5. The molecule has 9 heteroatoms. The van der Waals surface area contributed by atoms with Crippen LogP contribution in [0, 0.1) is 5.92 Å². The van der Waals surface area contributed by atoms with Gasteiger partial charge >= 0.3 is 11.8 Å². The first-order valence-corrected chi connectivity index (χ1v) is 11.3. The highest BCUT2D eigenvalue weighted by Crippen LogP contribution is 2.40. The number of fused-ring (bicyclic) bond motifs is 1. The van der Waals surface area contributed by atoms with Crippen LogP contribution < -0.4 is 16.1 Å². The number of hydrogen-bond donors (Lipinski definition) is 4. The molecule has 9 nitrogen and oxygen atoms in total. The molecular weight excluding hydrogens is 436 g/mol. The van der Waals surface area contributed by atoms with Crippen molar-refractivity contribution in [2.45, 2.75) is 43.3 Å². The summed E-state index contributed by atoms with van der Waals surface area (Å²) in [7, 11) is 0. The van der Waals surface area contributed by atoms with Crippen molar-refractivity contribution in [2.75, 3.05) is 0 Å². The average molecular weight is 463 g/mol. The topological polar surface area (TPSA) is 126 Å². The minimum atomic E-state index is -0.681. The van der Waals surface area contributed by atoms with Gasteiger partial charge in [0.25, 0.3) is 0 Å². The summed E-state index contributed by atoms with van der Waals surface area (Å²) in [6.07, 6.45) is 2.11. The summed E-state index contributed by atoms with van der Waals surface area (Å²) < 4.78 is 6.03. The van der Waals surface area contributed by atoms with Crippen molar-refractivity contribution in [3.05, 3.63) is 89.6 Å². The van der Waals surface area contributed by atoms with E-state index < -0.39 is 17.9 Å². The van der Waals surface area contributed by atoms with E-state index in [1.807, 2.05) is 43.3 Å². The molecule has 2 fully saturated rings. The fraction of sp³-hybridized carbons (Fsp3) is 0.320. The van der Waals surface area contributed by atoms with Gasteiger partial charge in [-0.1, -0.05) is 67.6 Å². The first-order chi connectivity index (χ1) is 16.6. The van der Waals surface area contributed by atoms with Gasteiger partial charge in [0, 0.05) is 6.04 Å². The molecule has 2 heterocycles. The SMILES string of the molecule is CC1C(NOO)CC2NC(=O)C(=O)NC2C1c1nc(C(c2ccccc2)c2ccccc2)co1. The molecule has 1 aliphatic heterocycles. The number of hydrogen-bond acceptors (Lipinski definition) is 7. The van der Waals surface area contributed by atoms with E-state index in [1.165, 1.54) is 0 Å². The molecule has 2 aliphatic rings. The van der Waals surface area contributed by atoms with Gasteiger partial charge in [0.1, 0.15) is 6.26 Å². The van der Waals surface area contributed by atoms with Gasteiger partial charge in [-0.2, -0.15) is 5.48 Å². The van der Waals surface area contributed by atoms with Crippen LogP contribution in [0.2, 0.25) is 0 Å². The van der Waals surface area contributed by atoms with Gasteiger partial charge in [0.15, 0.2) is 5.89 Å². The van der Waals surface area contributed by atoms with Crippen molar-refractivity contribution in [3.8, 4) is 0 Å². The van der Waals surface area contributed by atoms with Crippen molar-refractivity contribution in [1.82, 2.24) is 21.1 Å². The van der Waals surface area contributed by atoms with Gasteiger partial charge in [-0.25, -0.2) is 10.2 Å². The Morgan fingerprint density at radius 2 is 1.65 bits per heavy atom. The summed E-state index contributed by atoms with van der Waals surface area (Å²) in [5, 5.41) is 14.6. The Labute approximate surface area is 196 Å². The molecule has 1 saturated heterocycles. The summed E-state index contributed by atoms with van der Waals surface area (Å²) in [6.45, 7) is 1.97. The number of carbonyl (C=O) groups excluding carboxylic acids is 2. The zero-order valence-corrected chi connectivity index (χ0v) is 18.5. The maximum atomic E-state index is 12.2. The molecule has 176 valence electrons. The fourth-order valence-corrected chi connectivity index (χ4v) is 5.27. The second-order valence-electron chi connectivity index (χ2n) is 8.88. The quantitative estimate of drug-likeness (QED) is 0.252. The van der Waals surface area contributed by atoms with E-state index in [9.17, 15) is 9.59 Å². The molecule has 2 aromatic carbocycles. The monoisotopic (exact) mass is 462 g/mol. The highest BCUT2D eigenvalue weighted by molar-refractivity contribution is 6.35. The second kappa shape index (κ2) is 9.38. The van der Waals surface area contributed by atoms with Crippen LogP contribution in [0.25, 0.3) is 0 Å². The minimum Gasteiger partial charge on any atom is -0.448 e. The molecule has 1 saturated carbocycles. The highest BCUT2D eigenvalue weighted by atomic mass is 17.2. The largest absolute Gasteiger partial charge is 0.448 e. The van der Waals surface area contributed by atoms with Crippen molar-refractivity contribution >= 4 is 11.8 Å². The first kappa shape index (κ1) is 22.3. The van der Waals surface area contributed by atoms with Crippen LogP contribution in [0.15, 0.2) is 71.3 Å². The van der Waals surface area contributed by atoms with Crippen molar-refractivity contribution < 1.29 is 24.3 Å². The van der Waals surface area contributed by atoms with Crippen molar-refractivity contribution in [2.24, 2.45) is 5.92 Å². The molecule has 2 amide bonds. The molecule has 0 spiro atoms. The number of amides is 2. The Morgan fingerprint density at radius 3 is 2.26 bits per heavy atom. The Morgan fingerprint density at radius 1 is 1.03 bits per heavy atom. The van der Waals surface area contributed by atoms with Crippen LogP contribution >= 0.6 is 0 Å². The number of hydroxylamine groups is 1. The molecule has 3 aromatic rings. The third kappa shape index (κ3) is 4.09. The van der Waals surface area contributed by atoms with Crippen LogP contribution in [0.1, 0.15) is 47.9 Å². The molecule has 5 atom stereocenters. The second-order valence-corrected chi connectivity index (χ2v) is 8.88. The maximum absolute atomic E-state index is 12.2. The third-order valence-corrected chi connectivity index (χ3v) is 6.94. The minimum absolute atomic E-state index is 0.134. The van der Waals surface area contributed by atoms with E-state index in [0.29, 0.717) is 12.3 Å². The Hall–Kier alpha value is -3.53. The molecule has 34 heavy (non-hydrogen) atoms. The number of nitrogens with one attached hydrogen (secondary N) is 3.